The van der Waals surface area contributed by atoms with E-state index in [2.05, 4.69) is 54.5 Å². The number of fused-ring (bicyclic) bond motifs is 8. The first-order chi connectivity index (χ1) is 16.8. The Kier molecular flexibility index (Phi) is 5.62. The largest absolute Gasteiger partial charge is 0.393 e. The molecule has 0 aromatic carbocycles. The van der Waals surface area contributed by atoms with Crippen molar-refractivity contribution in [1.82, 2.24) is 0 Å². The van der Waals surface area contributed by atoms with Gasteiger partial charge in [0.2, 0.25) is 0 Å². The molecule has 7 rings (SSSR count). The van der Waals surface area contributed by atoms with Crippen molar-refractivity contribution in [2.75, 3.05) is 13.2 Å². The second-order valence-corrected chi connectivity index (χ2v) is 15.6. The molecule has 1 spiro atoms. The van der Waals surface area contributed by atoms with E-state index in [1.165, 1.54) is 12.8 Å². The van der Waals surface area contributed by atoms with Gasteiger partial charge in [0.05, 0.1) is 18.8 Å². The van der Waals surface area contributed by atoms with E-state index in [-0.39, 0.29) is 51.0 Å². The van der Waals surface area contributed by atoms with Crippen LogP contribution in [0.1, 0.15) is 106 Å². The lowest BCUT2D eigenvalue weighted by molar-refractivity contribution is -0.216. The lowest BCUT2D eigenvalue weighted by Crippen LogP contribution is -2.66. The molecule has 4 nitrogen and oxygen atoms in total. The van der Waals surface area contributed by atoms with Crippen molar-refractivity contribution in [1.29, 1.82) is 0 Å². The van der Waals surface area contributed by atoms with E-state index in [9.17, 15) is 10.2 Å². The SMILES string of the molecule is CCO[C@@H]1OC[C@]23CC[C@@]1(C)C[C@H]2C1=CC[C@@H]2[C@@]4(C)CC[C@H](O)C(C)(C)[C@@H]4CC[C@@]2(C)[C@]1(C)C[C@H]3O. The second kappa shape index (κ2) is 7.83. The highest BCUT2D eigenvalue weighted by Crippen LogP contribution is 2.76. The summed E-state index contributed by atoms with van der Waals surface area (Å²) in [6.45, 7) is 18.0. The predicted octanol–water partition coefficient (Wildman–Crippen LogP) is 6.49. The number of rotatable bonds is 2. The topological polar surface area (TPSA) is 58.9 Å². The van der Waals surface area contributed by atoms with Gasteiger partial charge < -0.3 is 19.7 Å². The Morgan fingerprint density at radius 1 is 0.917 bits per heavy atom. The van der Waals surface area contributed by atoms with Gasteiger partial charge in [0, 0.05) is 17.4 Å². The van der Waals surface area contributed by atoms with Crippen LogP contribution in [0.5, 0.6) is 0 Å². The standard InChI is InChI=1S/C32H52O4/c1-8-35-26-28(4)15-16-32(19-36-26)21(17-28)20-9-10-23-29(5)13-12-24(33)27(2,3)22(29)11-14-30(23,6)31(20,7)18-25(32)34/h9,21-26,33-34H,8,10-19H2,1-7H3/t21-,22-,23+,24-,25+,26+,28-,29-,30+,31+,32+/m0/s1. The minimum Gasteiger partial charge on any atom is -0.393 e. The predicted molar refractivity (Wildman–Crippen MR) is 142 cm³/mol. The maximum Gasteiger partial charge on any atom is 0.162 e. The third-order valence-corrected chi connectivity index (χ3v) is 14.1. The molecule has 2 aliphatic heterocycles. The highest BCUT2D eigenvalue weighted by Gasteiger charge is 2.71. The Hall–Kier alpha value is -0.420. The lowest BCUT2D eigenvalue weighted by atomic mass is 9.33. The van der Waals surface area contributed by atoms with Crippen LogP contribution < -0.4 is 0 Å². The molecule has 2 heterocycles. The fourth-order valence-corrected chi connectivity index (χ4v) is 11.6. The number of aliphatic hydroxyl groups excluding tert-OH is 2. The van der Waals surface area contributed by atoms with Gasteiger partial charge in [-0.05, 0) is 104 Å². The van der Waals surface area contributed by atoms with Gasteiger partial charge >= 0.3 is 0 Å². The molecule has 0 aromatic heterocycles. The third kappa shape index (κ3) is 2.97. The molecule has 4 saturated carbocycles. The van der Waals surface area contributed by atoms with Gasteiger partial charge in [0.1, 0.15) is 0 Å². The quantitative estimate of drug-likeness (QED) is 0.425. The lowest BCUT2D eigenvalue weighted by Gasteiger charge is -2.71. The van der Waals surface area contributed by atoms with Gasteiger partial charge in [-0.25, -0.2) is 0 Å². The van der Waals surface area contributed by atoms with Gasteiger partial charge in [-0.2, -0.15) is 0 Å². The highest BCUT2D eigenvalue weighted by atomic mass is 16.7. The van der Waals surface area contributed by atoms with Crippen LogP contribution in [0.3, 0.4) is 0 Å². The van der Waals surface area contributed by atoms with Crippen molar-refractivity contribution < 1.29 is 19.7 Å². The number of hydrogen-bond acceptors (Lipinski definition) is 4. The first-order valence-electron chi connectivity index (χ1n) is 15.1. The zero-order valence-electron chi connectivity index (χ0n) is 24.0. The third-order valence-electron chi connectivity index (χ3n) is 14.1. The number of ether oxygens (including phenoxy) is 2. The van der Waals surface area contributed by atoms with Crippen LogP contribution in [0.2, 0.25) is 0 Å². The molecule has 11 atom stereocenters. The Bertz CT molecular complexity index is 942. The summed E-state index contributed by atoms with van der Waals surface area (Å²) in [6, 6.07) is 0. The second-order valence-electron chi connectivity index (χ2n) is 15.6. The van der Waals surface area contributed by atoms with E-state index in [1.54, 1.807) is 5.57 Å². The Morgan fingerprint density at radius 3 is 2.39 bits per heavy atom. The van der Waals surface area contributed by atoms with Crippen LogP contribution in [0.4, 0.5) is 0 Å². The molecule has 7 aliphatic rings. The van der Waals surface area contributed by atoms with Crippen molar-refractivity contribution in [3.05, 3.63) is 11.6 Å². The van der Waals surface area contributed by atoms with Crippen molar-refractivity contribution in [3.8, 4) is 0 Å². The molecule has 2 bridgehead atoms. The Labute approximate surface area is 219 Å². The molecule has 4 heteroatoms. The van der Waals surface area contributed by atoms with Gasteiger partial charge in [-0.15, -0.1) is 0 Å². The summed E-state index contributed by atoms with van der Waals surface area (Å²) in [7, 11) is 0. The normalized spacial score (nSPS) is 57.5. The summed E-state index contributed by atoms with van der Waals surface area (Å²) in [5.41, 5.74) is 1.85. The minimum absolute atomic E-state index is 0.00138. The van der Waals surface area contributed by atoms with Gasteiger partial charge in [0.15, 0.2) is 6.29 Å². The average Bonchev–Trinajstić information content (AvgIpc) is 3.02. The summed E-state index contributed by atoms with van der Waals surface area (Å²) in [6.07, 6.45) is 11.6. The fraction of sp³-hybridized carbons (Fsp3) is 0.938. The number of allylic oxidation sites excluding steroid dienone is 2. The molecule has 2 N–H and O–H groups in total. The summed E-state index contributed by atoms with van der Waals surface area (Å²) in [5, 5.41) is 23.0. The first-order valence-corrected chi connectivity index (χ1v) is 15.1. The monoisotopic (exact) mass is 500 g/mol. The van der Waals surface area contributed by atoms with Crippen molar-refractivity contribution in [3.63, 3.8) is 0 Å². The fourth-order valence-electron chi connectivity index (χ4n) is 11.6. The number of hydrogen-bond donors (Lipinski definition) is 2. The maximum absolute atomic E-state index is 12.0. The van der Waals surface area contributed by atoms with E-state index < -0.39 is 0 Å². The molecular formula is C32H52O4. The molecule has 5 aliphatic carbocycles. The Morgan fingerprint density at radius 2 is 1.67 bits per heavy atom. The van der Waals surface area contributed by atoms with Crippen LogP contribution >= 0.6 is 0 Å². The summed E-state index contributed by atoms with van der Waals surface area (Å²) >= 11 is 0. The number of aliphatic hydroxyl groups is 2. The summed E-state index contributed by atoms with van der Waals surface area (Å²) in [4.78, 5) is 0. The molecule has 204 valence electrons. The smallest absolute Gasteiger partial charge is 0.162 e. The van der Waals surface area contributed by atoms with Gasteiger partial charge in [0.25, 0.3) is 0 Å². The van der Waals surface area contributed by atoms with Crippen LogP contribution in [0.15, 0.2) is 11.6 Å². The van der Waals surface area contributed by atoms with Crippen LogP contribution in [0.25, 0.3) is 0 Å². The molecule has 36 heavy (non-hydrogen) atoms. The zero-order valence-corrected chi connectivity index (χ0v) is 24.0. The van der Waals surface area contributed by atoms with Gasteiger partial charge in [-0.3, -0.25) is 0 Å². The summed E-state index contributed by atoms with van der Waals surface area (Å²) in [5.74, 6) is 1.53. The molecule has 0 radical (unpaired) electrons. The molecule has 0 unspecified atom stereocenters. The van der Waals surface area contributed by atoms with Crippen LogP contribution in [0, 0.1) is 50.2 Å². The molecular weight excluding hydrogens is 448 g/mol. The molecule has 0 amide bonds. The van der Waals surface area contributed by atoms with Crippen molar-refractivity contribution in [2.24, 2.45) is 50.2 Å². The first kappa shape index (κ1) is 25.8. The summed E-state index contributed by atoms with van der Waals surface area (Å²) < 4.78 is 12.7. The molecule has 0 aromatic rings. The van der Waals surface area contributed by atoms with E-state index in [0.717, 1.165) is 44.9 Å². The van der Waals surface area contributed by atoms with E-state index in [4.69, 9.17) is 9.47 Å². The maximum atomic E-state index is 12.0. The van der Waals surface area contributed by atoms with E-state index >= 15 is 0 Å². The minimum atomic E-state index is -0.333. The van der Waals surface area contributed by atoms with Crippen LogP contribution in [-0.2, 0) is 9.47 Å². The van der Waals surface area contributed by atoms with Gasteiger partial charge in [-0.1, -0.05) is 53.2 Å². The van der Waals surface area contributed by atoms with E-state index in [0.29, 0.717) is 31.0 Å². The zero-order chi connectivity index (χ0) is 25.9. The van der Waals surface area contributed by atoms with Crippen LogP contribution in [-0.4, -0.2) is 41.9 Å². The van der Waals surface area contributed by atoms with E-state index in [1.807, 2.05) is 0 Å². The Balaban J connectivity index is 1.43. The highest BCUT2D eigenvalue weighted by molar-refractivity contribution is 5.35. The average molecular weight is 501 g/mol. The molecule has 2 saturated heterocycles. The van der Waals surface area contributed by atoms with Crippen molar-refractivity contribution >= 4 is 0 Å². The molecule has 6 fully saturated rings. The van der Waals surface area contributed by atoms with Crippen molar-refractivity contribution in [2.45, 2.75) is 125 Å².